The maximum atomic E-state index is 9.09. The standard InChI is InChI=1S/C13H28N2O/c1-3-15(12-7-4-5-8-12)10-6-9-13(2,14)11-16/h12,16H,3-11,14H2,1-2H3. The molecule has 0 aromatic carbocycles. The van der Waals surface area contributed by atoms with Crippen LogP contribution in [-0.4, -0.2) is 41.3 Å². The molecule has 1 saturated carbocycles. The lowest BCUT2D eigenvalue weighted by atomic mass is 9.98. The summed E-state index contributed by atoms with van der Waals surface area (Å²) >= 11 is 0. The smallest absolute Gasteiger partial charge is 0.0608 e. The van der Waals surface area contributed by atoms with Crippen molar-refractivity contribution in [3.05, 3.63) is 0 Å². The van der Waals surface area contributed by atoms with Crippen LogP contribution in [0.4, 0.5) is 0 Å². The van der Waals surface area contributed by atoms with Gasteiger partial charge in [-0.2, -0.15) is 0 Å². The highest BCUT2D eigenvalue weighted by Crippen LogP contribution is 2.23. The van der Waals surface area contributed by atoms with Gasteiger partial charge in [-0.3, -0.25) is 0 Å². The average molecular weight is 228 g/mol. The summed E-state index contributed by atoms with van der Waals surface area (Å²) in [6.45, 7) is 6.53. The molecule has 96 valence electrons. The summed E-state index contributed by atoms with van der Waals surface area (Å²) < 4.78 is 0. The number of hydrogen-bond acceptors (Lipinski definition) is 3. The summed E-state index contributed by atoms with van der Waals surface area (Å²) in [6, 6.07) is 0.808. The van der Waals surface area contributed by atoms with E-state index >= 15 is 0 Å². The molecule has 1 fully saturated rings. The fourth-order valence-corrected chi connectivity index (χ4v) is 2.63. The van der Waals surface area contributed by atoms with Gasteiger partial charge >= 0.3 is 0 Å². The van der Waals surface area contributed by atoms with Crippen LogP contribution in [0.5, 0.6) is 0 Å². The van der Waals surface area contributed by atoms with Crippen LogP contribution in [-0.2, 0) is 0 Å². The van der Waals surface area contributed by atoms with Crippen molar-refractivity contribution in [3.63, 3.8) is 0 Å². The molecule has 1 aliphatic carbocycles. The molecular formula is C13H28N2O. The number of aliphatic hydroxyl groups excluding tert-OH is 1. The van der Waals surface area contributed by atoms with E-state index in [0.29, 0.717) is 0 Å². The molecule has 0 heterocycles. The second-order valence-electron chi connectivity index (χ2n) is 5.48. The van der Waals surface area contributed by atoms with Crippen molar-refractivity contribution in [3.8, 4) is 0 Å². The van der Waals surface area contributed by atoms with E-state index in [2.05, 4.69) is 11.8 Å². The van der Waals surface area contributed by atoms with Crippen LogP contribution in [0.3, 0.4) is 0 Å². The molecule has 1 atom stereocenters. The predicted molar refractivity (Wildman–Crippen MR) is 68.4 cm³/mol. The van der Waals surface area contributed by atoms with Crippen molar-refractivity contribution in [1.29, 1.82) is 0 Å². The van der Waals surface area contributed by atoms with Gasteiger partial charge in [-0.1, -0.05) is 19.8 Å². The number of nitrogens with zero attached hydrogens (tertiary/aromatic N) is 1. The van der Waals surface area contributed by atoms with Crippen LogP contribution in [0.25, 0.3) is 0 Å². The Morgan fingerprint density at radius 1 is 1.38 bits per heavy atom. The molecule has 3 N–H and O–H groups in total. The third-order valence-corrected chi connectivity index (χ3v) is 3.80. The zero-order chi connectivity index (χ0) is 12.0. The first kappa shape index (κ1) is 13.9. The molecule has 0 amide bonds. The topological polar surface area (TPSA) is 49.5 Å². The molecule has 1 aliphatic rings. The highest BCUT2D eigenvalue weighted by Gasteiger charge is 2.22. The lowest BCUT2D eigenvalue weighted by Gasteiger charge is -2.29. The maximum absolute atomic E-state index is 9.09. The maximum Gasteiger partial charge on any atom is 0.0608 e. The van der Waals surface area contributed by atoms with Gasteiger partial charge in [-0.25, -0.2) is 0 Å². The van der Waals surface area contributed by atoms with Gasteiger partial charge in [-0.15, -0.1) is 0 Å². The fourth-order valence-electron chi connectivity index (χ4n) is 2.63. The largest absolute Gasteiger partial charge is 0.394 e. The van der Waals surface area contributed by atoms with Gasteiger partial charge in [0.2, 0.25) is 0 Å². The van der Waals surface area contributed by atoms with Crippen molar-refractivity contribution in [1.82, 2.24) is 4.90 Å². The second-order valence-corrected chi connectivity index (χ2v) is 5.48. The summed E-state index contributed by atoms with van der Waals surface area (Å²) in [5.41, 5.74) is 5.53. The predicted octanol–water partition coefficient (Wildman–Crippen LogP) is 1.74. The van der Waals surface area contributed by atoms with Crippen molar-refractivity contribution in [2.75, 3.05) is 19.7 Å². The average Bonchev–Trinajstić information content (AvgIpc) is 2.78. The van der Waals surface area contributed by atoms with Gasteiger partial charge in [0.15, 0.2) is 0 Å². The first-order valence-corrected chi connectivity index (χ1v) is 6.73. The van der Waals surface area contributed by atoms with E-state index in [1.54, 1.807) is 0 Å². The first-order chi connectivity index (χ1) is 7.59. The zero-order valence-electron chi connectivity index (χ0n) is 10.9. The van der Waals surface area contributed by atoms with E-state index in [1.807, 2.05) is 6.92 Å². The molecule has 3 heteroatoms. The van der Waals surface area contributed by atoms with Crippen molar-refractivity contribution in [2.45, 2.75) is 64.0 Å². The Kier molecular flexibility index (Phi) is 5.73. The summed E-state index contributed by atoms with van der Waals surface area (Å²) in [5, 5.41) is 9.09. The lowest BCUT2D eigenvalue weighted by molar-refractivity contribution is 0.173. The summed E-state index contributed by atoms with van der Waals surface area (Å²) in [6.07, 6.45) is 7.53. The Labute approximate surface area is 100 Å². The minimum Gasteiger partial charge on any atom is -0.394 e. The normalized spacial score (nSPS) is 21.6. The molecule has 0 aromatic heterocycles. The highest BCUT2D eigenvalue weighted by atomic mass is 16.3. The van der Waals surface area contributed by atoms with Gasteiger partial charge in [0, 0.05) is 11.6 Å². The number of hydrogen-bond donors (Lipinski definition) is 2. The van der Waals surface area contributed by atoms with Crippen LogP contribution < -0.4 is 5.73 Å². The van der Waals surface area contributed by atoms with E-state index in [4.69, 9.17) is 10.8 Å². The summed E-state index contributed by atoms with van der Waals surface area (Å²) in [7, 11) is 0. The second kappa shape index (κ2) is 6.58. The van der Waals surface area contributed by atoms with Crippen LogP contribution >= 0.6 is 0 Å². The molecule has 0 saturated heterocycles. The number of rotatable bonds is 7. The highest BCUT2D eigenvalue weighted by molar-refractivity contribution is 4.80. The van der Waals surface area contributed by atoms with Gasteiger partial charge in [0.1, 0.15) is 0 Å². The Bertz CT molecular complexity index is 188. The Hall–Kier alpha value is -0.120. The third kappa shape index (κ3) is 4.40. The Morgan fingerprint density at radius 3 is 2.50 bits per heavy atom. The van der Waals surface area contributed by atoms with E-state index < -0.39 is 5.54 Å². The van der Waals surface area contributed by atoms with Gasteiger partial charge in [-0.05, 0) is 45.7 Å². The minimum absolute atomic E-state index is 0.0859. The van der Waals surface area contributed by atoms with Crippen LogP contribution in [0, 0.1) is 0 Å². The molecule has 0 bridgehead atoms. The van der Waals surface area contributed by atoms with Crippen molar-refractivity contribution in [2.24, 2.45) is 5.73 Å². The SMILES string of the molecule is CCN(CCCC(C)(N)CO)C1CCCC1. The number of nitrogens with two attached hydrogens (primary N) is 1. The van der Waals surface area contributed by atoms with Gasteiger partial charge in [0.05, 0.1) is 6.61 Å². The molecule has 3 nitrogen and oxygen atoms in total. The molecule has 1 unspecified atom stereocenters. The molecule has 1 rings (SSSR count). The van der Waals surface area contributed by atoms with Crippen LogP contribution in [0.2, 0.25) is 0 Å². The fraction of sp³-hybridized carbons (Fsp3) is 1.00. The lowest BCUT2D eigenvalue weighted by Crippen LogP contribution is -2.41. The van der Waals surface area contributed by atoms with Gasteiger partial charge < -0.3 is 15.7 Å². The van der Waals surface area contributed by atoms with Crippen LogP contribution in [0.1, 0.15) is 52.4 Å². The quantitative estimate of drug-likeness (QED) is 0.698. The minimum atomic E-state index is -0.394. The molecule has 0 radical (unpaired) electrons. The van der Waals surface area contributed by atoms with E-state index in [1.165, 1.54) is 25.7 Å². The monoisotopic (exact) mass is 228 g/mol. The zero-order valence-corrected chi connectivity index (χ0v) is 10.9. The first-order valence-electron chi connectivity index (χ1n) is 6.73. The molecule has 0 spiro atoms. The summed E-state index contributed by atoms with van der Waals surface area (Å²) in [4.78, 5) is 2.58. The molecule has 0 aromatic rings. The van der Waals surface area contributed by atoms with Crippen molar-refractivity contribution < 1.29 is 5.11 Å². The summed E-state index contributed by atoms with van der Waals surface area (Å²) in [5.74, 6) is 0. The Morgan fingerprint density at radius 2 is 2.00 bits per heavy atom. The third-order valence-electron chi connectivity index (χ3n) is 3.80. The Balaban J connectivity index is 2.23. The molecular weight excluding hydrogens is 200 g/mol. The van der Waals surface area contributed by atoms with E-state index in [0.717, 1.165) is 32.0 Å². The molecule has 0 aliphatic heterocycles. The number of aliphatic hydroxyl groups is 1. The van der Waals surface area contributed by atoms with E-state index in [-0.39, 0.29) is 6.61 Å². The molecule has 16 heavy (non-hydrogen) atoms. The van der Waals surface area contributed by atoms with Gasteiger partial charge in [0.25, 0.3) is 0 Å². The van der Waals surface area contributed by atoms with E-state index in [9.17, 15) is 0 Å². The van der Waals surface area contributed by atoms with Crippen molar-refractivity contribution >= 4 is 0 Å². The van der Waals surface area contributed by atoms with Crippen LogP contribution in [0.15, 0.2) is 0 Å².